The number of ether oxygens (including phenoxy) is 1. The third kappa shape index (κ3) is 5.18. The molecule has 1 aliphatic heterocycles. The van der Waals surface area contributed by atoms with Gasteiger partial charge < -0.3 is 9.64 Å². The molecule has 9 nitrogen and oxygen atoms in total. The molecule has 1 saturated carbocycles. The van der Waals surface area contributed by atoms with Crippen LogP contribution in [-0.4, -0.2) is 56.9 Å². The molecule has 2 heterocycles. The minimum atomic E-state index is -3.27. The Morgan fingerprint density at radius 2 is 1.90 bits per heavy atom. The standard InChI is InChI=1S/C21H23N5O4S/c1-31(28,29)13-17-12-19(25-8-10-30-11-9-25)24-20(23-17)15-4-6-18(7-5-15)26(14-22)21(27)16-2-3-16/h4-7,12,16H,2-3,8-11,13H2,1H3. The lowest BCUT2D eigenvalue weighted by molar-refractivity contribution is -0.119. The van der Waals surface area contributed by atoms with Gasteiger partial charge in [0.2, 0.25) is 5.91 Å². The summed E-state index contributed by atoms with van der Waals surface area (Å²) in [6.45, 7) is 2.48. The van der Waals surface area contributed by atoms with Gasteiger partial charge in [0.05, 0.1) is 30.3 Å². The van der Waals surface area contributed by atoms with E-state index in [0.717, 1.165) is 17.7 Å². The molecule has 1 aromatic carbocycles. The first-order valence-electron chi connectivity index (χ1n) is 10.1. The Hall–Kier alpha value is -3.03. The molecule has 4 rings (SSSR count). The molecular weight excluding hydrogens is 418 g/mol. The fraction of sp³-hybridized carbons (Fsp3) is 0.429. The number of rotatable bonds is 6. The summed E-state index contributed by atoms with van der Waals surface area (Å²) < 4.78 is 29.1. The first kappa shape index (κ1) is 21.2. The first-order chi connectivity index (χ1) is 14.8. The fourth-order valence-electron chi connectivity index (χ4n) is 3.42. The van der Waals surface area contributed by atoms with Crippen molar-refractivity contribution in [3.8, 4) is 17.6 Å². The number of carbonyl (C=O) groups excluding carboxylic acids is 1. The predicted octanol–water partition coefficient (Wildman–Crippen LogP) is 1.75. The monoisotopic (exact) mass is 441 g/mol. The Balaban J connectivity index is 1.66. The van der Waals surface area contributed by atoms with Gasteiger partial charge in [-0.1, -0.05) is 0 Å². The molecule has 1 amide bonds. The number of nitriles is 1. The number of morpholine rings is 1. The average Bonchev–Trinajstić information content (AvgIpc) is 3.59. The molecule has 1 aliphatic carbocycles. The van der Waals surface area contributed by atoms with Gasteiger partial charge in [0.1, 0.15) is 5.82 Å². The number of carbonyl (C=O) groups is 1. The van der Waals surface area contributed by atoms with Gasteiger partial charge in [-0.3, -0.25) is 4.79 Å². The Morgan fingerprint density at radius 1 is 1.23 bits per heavy atom. The lowest BCUT2D eigenvalue weighted by Gasteiger charge is -2.28. The van der Waals surface area contributed by atoms with Crippen LogP contribution in [0.2, 0.25) is 0 Å². The van der Waals surface area contributed by atoms with Crippen molar-refractivity contribution in [2.24, 2.45) is 5.92 Å². The lowest BCUT2D eigenvalue weighted by Crippen LogP contribution is -2.37. The zero-order valence-electron chi connectivity index (χ0n) is 17.2. The molecule has 2 aromatic rings. The van der Waals surface area contributed by atoms with E-state index in [1.54, 1.807) is 30.3 Å². The highest BCUT2D eigenvalue weighted by Gasteiger charge is 2.34. The van der Waals surface area contributed by atoms with Crippen LogP contribution in [-0.2, 0) is 25.1 Å². The molecule has 1 saturated heterocycles. The van der Waals surface area contributed by atoms with Crippen LogP contribution in [0.3, 0.4) is 0 Å². The highest BCUT2D eigenvalue weighted by atomic mass is 32.2. The van der Waals surface area contributed by atoms with E-state index < -0.39 is 9.84 Å². The molecule has 0 N–H and O–H groups in total. The second-order valence-corrected chi connectivity index (χ2v) is 9.95. The summed E-state index contributed by atoms with van der Waals surface area (Å²) >= 11 is 0. The molecule has 0 unspecified atom stereocenters. The van der Waals surface area contributed by atoms with Crippen molar-refractivity contribution in [2.45, 2.75) is 18.6 Å². The molecule has 1 aromatic heterocycles. The molecule has 10 heteroatoms. The van der Waals surface area contributed by atoms with Crippen LogP contribution in [0.4, 0.5) is 11.5 Å². The van der Waals surface area contributed by atoms with Crippen molar-refractivity contribution in [1.82, 2.24) is 9.97 Å². The molecular formula is C21H23N5O4S. The van der Waals surface area contributed by atoms with Crippen LogP contribution in [0.25, 0.3) is 11.4 Å². The van der Waals surface area contributed by atoms with Crippen molar-refractivity contribution >= 4 is 27.2 Å². The fourth-order valence-corrected chi connectivity index (χ4v) is 4.10. The highest BCUT2D eigenvalue weighted by Crippen LogP contribution is 2.33. The number of hydrogen-bond donors (Lipinski definition) is 0. The maximum absolute atomic E-state index is 12.3. The Kier molecular flexibility index (Phi) is 5.89. The van der Waals surface area contributed by atoms with Crippen molar-refractivity contribution < 1.29 is 17.9 Å². The molecule has 2 fully saturated rings. The Labute approximate surface area is 181 Å². The van der Waals surface area contributed by atoms with Crippen LogP contribution in [0.5, 0.6) is 0 Å². The SMILES string of the molecule is CS(=O)(=O)Cc1cc(N2CCOCC2)nc(-c2ccc(N(C#N)C(=O)C3CC3)cc2)n1. The summed E-state index contributed by atoms with van der Waals surface area (Å²) in [7, 11) is -3.27. The molecule has 0 radical (unpaired) electrons. The number of aromatic nitrogens is 2. The second kappa shape index (κ2) is 8.61. The predicted molar refractivity (Wildman–Crippen MR) is 115 cm³/mol. The molecule has 162 valence electrons. The summed E-state index contributed by atoms with van der Waals surface area (Å²) in [4.78, 5) is 24.6. The van der Waals surface area contributed by atoms with Crippen LogP contribution >= 0.6 is 0 Å². The maximum atomic E-state index is 12.3. The normalized spacial score (nSPS) is 16.6. The van der Waals surface area contributed by atoms with Gasteiger partial charge in [0.15, 0.2) is 21.9 Å². The Morgan fingerprint density at radius 3 is 2.48 bits per heavy atom. The first-order valence-corrected chi connectivity index (χ1v) is 12.1. The number of hydrogen-bond acceptors (Lipinski definition) is 8. The topological polar surface area (TPSA) is 116 Å². The number of anilines is 2. The number of benzene rings is 1. The van der Waals surface area contributed by atoms with Crippen LogP contribution in [0.1, 0.15) is 18.5 Å². The van der Waals surface area contributed by atoms with E-state index >= 15 is 0 Å². The van der Waals surface area contributed by atoms with Crippen LogP contribution < -0.4 is 9.80 Å². The van der Waals surface area contributed by atoms with E-state index in [-0.39, 0.29) is 17.6 Å². The van der Waals surface area contributed by atoms with E-state index in [1.165, 1.54) is 6.26 Å². The van der Waals surface area contributed by atoms with E-state index in [2.05, 4.69) is 9.97 Å². The van der Waals surface area contributed by atoms with E-state index in [1.807, 2.05) is 11.1 Å². The number of sulfone groups is 1. The van der Waals surface area contributed by atoms with Crippen molar-refractivity contribution in [2.75, 3.05) is 42.4 Å². The van der Waals surface area contributed by atoms with Crippen LogP contribution in [0.15, 0.2) is 30.3 Å². The summed E-state index contributed by atoms with van der Waals surface area (Å²) in [5.41, 5.74) is 1.58. The zero-order valence-corrected chi connectivity index (χ0v) is 18.0. The lowest BCUT2D eigenvalue weighted by atomic mass is 10.1. The summed E-state index contributed by atoms with van der Waals surface area (Å²) in [5, 5.41) is 9.40. The quantitative estimate of drug-likeness (QED) is 0.492. The van der Waals surface area contributed by atoms with Gasteiger partial charge in [-0.15, -0.1) is 0 Å². The average molecular weight is 442 g/mol. The highest BCUT2D eigenvalue weighted by molar-refractivity contribution is 7.89. The van der Waals surface area contributed by atoms with Gasteiger partial charge in [-0.2, -0.15) is 5.26 Å². The molecule has 2 aliphatic rings. The minimum absolute atomic E-state index is 0.0635. The second-order valence-electron chi connectivity index (χ2n) is 7.81. The molecule has 0 bridgehead atoms. The van der Waals surface area contributed by atoms with Gasteiger partial charge in [-0.05, 0) is 37.1 Å². The molecule has 0 spiro atoms. The van der Waals surface area contributed by atoms with Gasteiger partial charge in [0, 0.05) is 36.9 Å². The third-order valence-corrected chi connectivity index (χ3v) is 5.96. The minimum Gasteiger partial charge on any atom is -0.378 e. The van der Waals surface area contributed by atoms with E-state index in [4.69, 9.17) is 4.74 Å². The number of nitrogens with zero attached hydrogens (tertiary/aromatic N) is 5. The van der Waals surface area contributed by atoms with Gasteiger partial charge in [0.25, 0.3) is 0 Å². The summed E-state index contributed by atoms with van der Waals surface area (Å²) in [6.07, 6.45) is 4.76. The number of amides is 1. The van der Waals surface area contributed by atoms with Gasteiger partial charge in [-0.25, -0.2) is 23.3 Å². The third-order valence-electron chi connectivity index (χ3n) is 5.14. The Bertz CT molecular complexity index is 1120. The van der Waals surface area contributed by atoms with E-state index in [9.17, 15) is 18.5 Å². The molecule has 31 heavy (non-hydrogen) atoms. The largest absolute Gasteiger partial charge is 0.378 e. The van der Waals surface area contributed by atoms with E-state index in [0.29, 0.717) is 54.9 Å². The van der Waals surface area contributed by atoms with Crippen LogP contribution in [0, 0.1) is 17.4 Å². The van der Waals surface area contributed by atoms with Gasteiger partial charge >= 0.3 is 0 Å². The summed E-state index contributed by atoms with van der Waals surface area (Å²) in [5.74, 6) is 0.614. The van der Waals surface area contributed by atoms with Crippen molar-refractivity contribution in [3.05, 3.63) is 36.0 Å². The zero-order chi connectivity index (χ0) is 22.0. The summed E-state index contributed by atoms with van der Waals surface area (Å²) in [6, 6.07) is 8.54. The molecule has 0 atom stereocenters. The van der Waals surface area contributed by atoms with Crippen molar-refractivity contribution in [3.63, 3.8) is 0 Å². The smallest absolute Gasteiger partial charge is 0.243 e. The maximum Gasteiger partial charge on any atom is 0.243 e. The van der Waals surface area contributed by atoms with Crippen molar-refractivity contribution in [1.29, 1.82) is 5.26 Å².